The van der Waals surface area contributed by atoms with Crippen molar-refractivity contribution in [3.05, 3.63) is 41.6 Å². The Bertz CT molecular complexity index is 620. The van der Waals surface area contributed by atoms with Crippen LogP contribution in [0.15, 0.2) is 30.3 Å². The van der Waals surface area contributed by atoms with Crippen LogP contribution in [-0.4, -0.2) is 22.6 Å². The molecule has 1 aromatic heterocycles. The van der Waals surface area contributed by atoms with Crippen LogP contribution in [-0.2, 0) is 11.2 Å². The summed E-state index contributed by atoms with van der Waals surface area (Å²) in [6.45, 7) is 2.85. The summed E-state index contributed by atoms with van der Waals surface area (Å²) in [6, 6.07) is 10.0. The summed E-state index contributed by atoms with van der Waals surface area (Å²) in [4.78, 5) is 12.1. The van der Waals surface area contributed by atoms with Crippen LogP contribution in [0.5, 0.6) is 0 Å². The Hall–Kier alpha value is -2.30. The highest BCUT2D eigenvalue weighted by molar-refractivity contribution is 5.90. The molecule has 3 N–H and O–H groups in total. The van der Waals surface area contributed by atoms with Gasteiger partial charge in [0.15, 0.2) is 5.82 Å². The maximum absolute atomic E-state index is 12.1. The molecule has 0 fully saturated rings. The number of carbonyl (C=O) groups is 1. The molecule has 1 atom stereocenters. The fraction of sp³-hybridized carbons (Fsp3) is 0.333. The normalized spacial score (nSPS) is 16.6. The zero-order valence-corrected chi connectivity index (χ0v) is 11.4. The van der Waals surface area contributed by atoms with Crippen molar-refractivity contribution >= 4 is 17.4 Å². The van der Waals surface area contributed by atoms with E-state index in [0.29, 0.717) is 12.2 Å². The van der Waals surface area contributed by atoms with Gasteiger partial charge in [-0.15, -0.1) is 0 Å². The predicted molar refractivity (Wildman–Crippen MR) is 78.9 cm³/mol. The average Bonchev–Trinajstić information content (AvgIpc) is 3.06. The summed E-state index contributed by atoms with van der Waals surface area (Å²) in [7, 11) is 0. The van der Waals surface area contributed by atoms with Gasteiger partial charge in [-0.3, -0.25) is 9.89 Å². The van der Waals surface area contributed by atoms with Gasteiger partial charge in [0.2, 0.25) is 5.91 Å². The molecule has 0 saturated carbocycles. The summed E-state index contributed by atoms with van der Waals surface area (Å²) in [5, 5.41) is 13.1. The molecule has 2 heterocycles. The van der Waals surface area contributed by atoms with Crippen LogP contribution in [0.2, 0.25) is 0 Å². The van der Waals surface area contributed by atoms with Crippen molar-refractivity contribution in [2.45, 2.75) is 25.7 Å². The molecule has 104 valence electrons. The Morgan fingerprint density at radius 2 is 2.30 bits per heavy atom. The standard InChI is InChI=1S/C15H18N4O/c1-2-11-8-14(19-18-11)17-15(20)7-10-9-16-13-6-4-3-5-12(10)13/h3-6,8,10,16H,2,7,9H2,1H3,(H2,17,18,19,20). The summed E-state index contributed by atoms with van der Waals surface area (Å²) in [5.74, 6) is 0.838. The number of benzene rings is 1. The van der Waals surface area contributed by atoms with Gasteiger partial charge in [-0.1, -0.05) is 25.1 Å². The number of fused-ring (bicyclic) bond motifs is 1. The second-order valence-corrected chi connectivity index (χ2v) is 5.05. The Balaban J connectivity index is 1.62. The number of carbonyl (C=O) groups excluding carboxylic acids is 1. The molecule has 0 aliphatic carbocycles. The smallest absolute Gasteiger partial charge is 0.226 e. The SMILES string of the molecule is CCc1cc(NC(=O)CC2CNc3ccccc32)n[nH]1. The van der Waals surface area contributed by atoms with Crippen LogP contribution in [0.4, 0.5) is 11.5 Å². The third kappa shape index (κ3) is 2.52. The van der Waals surface area contributed by atoms with Crippen molar-refractivity contribution in [3.8, 4) is 0 Å². The molecule has 0 radical (unpaired) electrons. The lowest BCUT2D eigenvalue weighted by atomic mass is 9.97. The van der Waals surface area contributed by atoms with Gasteiger partial charge in [0.1, 0.15) is 0 Å². The summed E-state index contributed by atoms with van der Waals surface area (Å²) >= 11 is 0. The van der Waals surface area contributed by atoms with Crippen molar-refractivity contribution in [2.75, 3.05) is 17.2 Å². The number of aromatic amines is 1. The van der Waals surface area contributed by atoms with Gasteiger partial charge in [-0.25, -0.2) is 0 Å². The third-order valence-corrected chi connectivity index (χ3v) is 3.65. The minimum atomic E-state index is 0.00246. The molecular formula is C15H18N4O. The van der Waals surface area contributed by atoms with Crippen molar-refractivity contribution < 1.29 is 4.79 Å². The average molecular weight is 270 g/mol. The van der Waals surface area contributed by atoms with Gasteiger partial charge in [0, 0.05) is 36.3 Å². The lowest BCUT2D eigenvalue weighted by molar-refractivity contribution is -0.116. The largest absolute Gasteiger partial charge is 0.384 e. The van der Waals surface area contributed by atoms with E-state index in [1.165, 1.54) is 5.56 Å². The fourth-order valence-electron chi connectivity index (χ4n) is 2.56. The monoisotopic (exact) mass is 270 g/mol. The van der Waals surface area contributed by atoms with Gasteiger partial charge in [-0.2, -0.15) is 5.10 Å². The van der Waals surface area contributed by atoms with Crippen molar-refractivity contribution in [1.82, 2.24) is 10.2 Å². The number of anilines is 2. The number of aryl methyl sites for hydroxylation is 1. The number of para-hydroxylation sites is 1. The van der Waals surface area contributed by atoms with Gasteiger partial charge < -0.3 is 10.6 Å². The molecule has 20 heavy (non-hydrogen) atoms. The first-order valence-electron chi connectivity index (χ1n) is 6.93. The van der Waals surface area contributed by atoms with Gasteiger partial charge >= 0.3 is 0 Å². The molecule has 2 aromatic rings. The van der Waals surface area contributed by atoms with Crippen molar-refractivity contribution in [1.29, 1.82) is 0 Å². The number of nitrogens with one attached hydrogen (secondary N) is 3. The van der Waals surface area contributed by atoms with Gasteiger partial charge in [0.05, 0.1) is 0 Å². The highest BCUT2D eigenvalue weighted by Gasteiger charge is 2.24. The highest BCUT2D eigenvalue weighted by Crippen LogP contribution is 2.33. The van der Waals surface area contributed by atoms with Crippen molar-refractivity contribution in [2.24, 2.45) is 0 Å². The van der Waals surface area contributed by atoms with E-state index in [0.717, 1.165) is 24.3 Å². The van der Waals surface area contributed by atoms with E-state index in [4.69, 9.17) is 0 Å². The van der Waals surface area contributed by atoms with Gasteiger partial charge in [-0.05, 0) is 18.1 Å². The summed E-state index contributed by atoms with van der Waals surface area (Å²) in [6.07, 6.45) is 1.35. The molecule has 1 amide bonds. The Labute approximate surface area is 117 Å². The molecule has 3 rings (SSSR count). The topological polar surface area (TPSA) is 69.8 Å². The first-order valence-corrected chi connectivity index (χ1v) is 6.93. The van der Waals surface area contributed by atoms with E-state index in [1.54, 1.807) is 0 Å². The second-order valence-electron chi connectivity index (χ2n) is 5.05. The van der Waals surface area contributed by atoms with Crippen LogP contribution < -0.4 is 10.6 Å². The number of hydrogen-bond acceptors (Lipinski definition) is 3. The molecule has 0 spiro atoms. The molecule has 5 nitrogen and oxygen atoms in total. The molecule has 1 unspecified atom stereocenters. The van der Waals surface area contributed by atoms with E-state index in [9.17, 15) is 4.79 Å². The minimum absolute atomic E-state index is 0.00246. The van der Waals surface area contributed by atoms with Crippen LogP contribution in [0.3, 0.4) is 0 Å². The summed E-state index contributed by atoms with van der Waals surface area (Å²) < 4.78 is 0. The zero-order valence-electron chi connectivity index (χ0n) is 11.4. The number of H-pyrrole nitrogens is 1. The van der Waals surface area contributed by atoms with Crippen molar-refractivity contribution in [3.63, 3.8) is 0 Å². The Morgan fingerprint density at radius 1 is 1.45 bits per heavy atom. The second kappa shape index (κ2) is 5.36. The number of nitrogens with zero attached hydrogens (tertiary/aromatic N) is 1. The third-order valence-electron chi connectivity index (χ3n) is 3.65. The highest BCUT2D eigenvalue weighted by atomic mass is 16.1. The number of rotatable bonds is 4. The Morgan fingerprint density at radius 3 is 3.10 bits per heavy atom. The molecule has 1 aliphatic rings. The number of hydrogen-bond donors (Lipinski definition) is 3. The first kappa shape index (κ1) is 12.7. The lowest BCUT2D eigenvalue weighted by Gasteiger charge is -2.09. The van der Waals surface area contributed by atoms with Crippen LogP contribution in [0.1, 0.15) is 30.5 Å². The zero-order chi connectivity index (χ0) is 13.9. The van der Waals surface area contributed by atoms with E-state index in [-0.39, 0.29) is 11.8 Å². The number of amides is 1. The predicted octanol–water partition coefficient (Wildman–Crippen LogP) is 2.51. The maximum atomic E-state index is 12.1. The molecular weight excluding hydrogens is 252 g/mol. The van der Waals surface area contributed by atoms with Crippen LogP contribution in [0.25, 0.3) is 0 Å². The fourth-order valence-corrected chi connectivity index (χ4v) is 2.56. The first-order chi connectivity index (χ1) is 9.76. The molecule has 1 aromatic carbocycles. The maximum Gasteiger partial charge on any atom is 0.226 e. The van der Waals surface area contributed by atoms with Crippen LogP contribution in [0, 0.1) is 0 Å². The number of aromatic nitrogens is 2. The molecule has 0 bridgehead atoms. The van der Waals surface area contributed by atoms with Gasteiger partial charge in [0.25, 0.3) is 0 Å². The van der Waals surface area contributed by atoms with E-state index < -0.39 is 0 Å². The molecule has 5 heteroatoms. The molecule has 1 aliphatic heterocycles. The quantitative estimate of drug-likeness (QED) is 0.799. The van der Waals surface area contributed by atoms with E-state index >= 15 is 0 Å². The Kier molecular flexibility index (Phi) is 3.41. The minimum Gasteiger partial charge on any atom is -0.384 e. The molecule has 0 saturated heterocycles. The lowest BCUT2D eigenvalue weighted by Crippen LogP contribution is -2.16. The van der Waals surface area contributed by atoms with E-state index in [2.05, 4.69) is 33.0 Å². The van der Waals surface area contributed by atoms with Crippen LogP contribution >= 0.6 is 0 Å². The van der Waals surface area contributed by atoms with E-state index in [1.807, 2.05) is 25.1 Å². The summed E-state index contributed by atoms with van der Waals surface area (Å²) in [5.41, 5.74) is 3.38.